The van der Waals surface area contributed by atoms with E-state index in [9.17, 15) is 0 Å². The van der Waals surface area contributed by atoms with Crippen molar-refractivity contribution in [3.63, 3.8) is 0 Å². The SMILES string of the molecule is CCNCC(OCc1cccc(Br)c1)c1ccc(Br)cc1. The van der Waals surface area contributed by atoms with Crippen LogP contribution in [0.3, 0.4) is 0 Å². The molecule has 4 heteroatoms. The Morgan fingerprint density at radius 1 is 1.05 bits per heavy atom. The molecule has 0 aromatic heterocycles. The summed E-state index contributed by atoms with van der Waals surface area (Å²) < 4.78 is 8.28. The molecule has 1 N–H and O–H groups in total. The highest BCUT2D eigenvalue weighted by Gasteiger charge is 2.11. The Morgan fingerprint density at radius 3 is 2.48 bits per heavy atom. The summed E-state index contributed by atoms with van der Waals surface area (Å²) in [6.07, 6.45) is 0.0528. The lowest BCUT2D eigenvalue weighted by atomic mass is 10.1. The Kier molecular flexibility index (Phi) is 6.90. The van der Waals surface area contributed by atoms with Gasteiger partial charge in [-0.3, -0.25) is 0 Å². The van der Waals surface area contributed by atoms with Gasteiger partial charge in [0.2, 0.25) is 0 Å². The highest BCUT2D eigenvalue weighted by molar-refractivity contribution is 9.10. The smallest absolute Gasteiger partial charge is 0.0953 e. The van der Waals surface area contributed by atoms with Crippen LogP contribution in [0.2, 0.25) is 0 Å². The molecule has 0 saturated heterocycles. The third-order valence-corrected chi connectivity index (χ3v) is 4.18. The summed E-state index contributed by atoms with van der Waals surface area (Å²) in [5.41, 5.74) is 2.36. The average Bonchev–Trinajstić information content (AvgIpc) is 2.49. The van der Waals surface area contributed by atoms with Crippen LogP contribution in [0.15, 0.2) is 57.5 Å². The quantitative estimate of drug-likeness (QED) is 0.684. The third-order valence-electron chi connectivity index (χ3n) is 3.16. The predicted molar refractivity (Wildman–Crippen MR) is 94.4 cm³/mol. The zero-order valence-corrected chi connectivity index (χ0v) is 15.2. The Hall–Kier alpha value is -0.680. The third kappa shape index (κ3) is 5.55. The summed E-state index contributed by atoms with van der Waals surface area (Å²) in [6.45, 7) is 4.46. The Balaban J connectivity index is 2.04. The van der Waals surface area contributed by atoms with Gasteiger partial charge in [-0.1, -0.05) is 63.0 Å². The van der Waals surface area contributed by atoms with Crippen LogP contribution in [0.1, 0.15) is 24.2 Å². The number of likely N-dealkylation sites (N-methyl/N-ethyl adjacent to an activating group) is 1. The second-order valence-electron chi connectivity index (χ2n) is 4.79. The lowest BCUT2D eigenvalue weighted by Crippen LogP contribution is -2.23. The van der Waals surface area contributed by atoms with E-state index < -0.39 is 0 Å². The molecule has 0 fully saturated rings. The van der Waals surface area contributed by atoms with Crippen LogP contribution < -0.4 is 5.32 Å². The van der Waals surface area contributed by atoms with Gasteiger partial charge in [-0.15, -0.1) is 0 Å². The molecule has 112 valence electrons. The van der Waals surface area contributed by atoms with Gasteiger partial charge in [-0.2, -0.15) is 0 Å². The van der Waals surface area contributed by atoms with Crippen LogP contribution in [-0.4, -0.2) is 13.1 Å². The largest absolute Gasteiger partial charge is 0.368 e. The maximum absolute atomic E-state index is 6.11. The summed E-state index contributed by atoms with van der Waals surface area (Å²) >= 11 is 6.96. The van der Waals surface area contributed by atoms with Gasteiger partial charge in [0.1, 0.15) is 0 Å². The first-order chi connectivity index (χ1) is 10.2. The molecule has 1 unspecified atom stereocenters. The molecule has 0 saturated carbocycles. The van der Waals surface area contributed by atoms with Crippen molar-refractivity contribution in [3.8, 4) is 0 Å². The van der Waals surface area contributed by atoms with Crippen molar-refractivity contribution in [2.24, 2.45) is 0 Å². The van der Waals surface area contributed by atoms with Crippen molar-refractivity contribution in [2.75, 3.05) is 13.1 Å². The van der Waals surface area contributed by atoms with E-state index in [1.54, 1.807) is 0 Å². The van der Waals surface area contributed by atoms with Crippen LogP contribution in [0.25, 0.3) is 0 Å². The van der Waals surface area contributed by atoms with Crippen molar-refractivity contribution < 1.29 is 4.74 Å². The summed E-state index contributed by atoms with van der Waals surface area (Å²) in [5, 5.41) is 3.36. The first-order valence-corrected chi connectivity index (χ1v) is 8.60. The van der Waals surface area contributed by atoms with Crippen molar-refractivity contribution in [1.29, 1.82) is 0 Å². The van der Waals surface area contributed by atoms with E-state index >= 15 is 0 Å². The maximum Gasteiger partial charge on any atom is 0.0953 e. The molecule has 0 radical (unpaired) electrons. The minimum Gasteiger partial charge on any atom is -0.368 e. The molecule has 0 aliphatic rings. The molecule has 2 rings (SSSR count). The molecule has 0 heterocycles. The minimum absolute atomic E-state index is 0.0528. The molecular formula is C17H19Br2NO. The fourth-order valence-corrected chi connectivity index (χ4v) is 2.76. The maximum atomic E-state index is 6.11. The van der Waals surface area contributed by atoms with Gasteiger partial charge in [0, 0.05) is 15.5 Å². The molecule has 0 bridgehead atoms. The zero-order valence-electron chi connectivity index (χ0n) is 12.0. The lowest BCUT2D eigenvalue weighted by molar-refractivity contribution is 0.0401. The van der Waals surface area contributed by atoms with Crippen LogP contribution in [0.4, 0.5) is 0 Å². The first-order valence-electron chi connectivity index (χ1n) is 7.01. The molecule has 2 nitrogen and oxygen atoms in total. The van der Waals surface area contributed by atoms with E-state index in [0.717, 1.165) is 22.0 Å². The number of benzene rings is 2. The lowest BCUT2D eigenvalue weighted by Gasteiger charge is -2.19. The number of nitrogens with one attached hydrogen (secondary N) is 1. The van der Waals surface area contributed by atoms with Gasteiger partial charge in [0.15, 0.2) is 0 Å². The van der Waals surface area contributed by atoms with E-state index in [2.05, 4.69) is 80.5 Å². The highest BCUT2D eigenvalue weighted by atomic mass is 79.9. The first kappa shape index (κ1) is 16.7. The Morgan fingerprint density at radius 2 is 1.81 bits per heavy atom. The van der Waals surface area contributed by atoms with E-state index in [4.69, 9.17) is 4.74 Å². The van der Waals surface area contributed by atoms with Gasteiger partial charge in [0.25, 0.3) is 0 Å². The molecule has 0 aliphatic heterocycles. The minimum atomic E-state index is 0.0528. The zero-order chi connectivity index (χ0) is 15.1. The molecule has 2 aromatic rings. The van der Waals surface area contributed by atoms with Gasteiger partial charge in [-0.05, 0) is 41.9 Å². The van der Waals surface area contributed by atoms with E-state index in [1.807, 2.05) is 12.1 Å². The number of halogens is 2. The topological polar surface area (TPSA) is 21.3 Å². The van der Waals surface area contributed by atoms with Gasteiger partial charge in [-0.25, -0.2) is 0 Å². The summed E-state index contributed by atoms with van der Waals surface area (Å²) in [6, 6.07) is 16.5. The number of hydrogen-bond acceptors (Lipinski definition) is 2. The summed E-state index contributed by atoms with van der Waals surface area (Å²) in [5.74, 6) is 0. The standard InChI is InChI=1S/C17H19Br2NO/c1-2-20-11-17(14-6-8-15(18)9-7-14)21-12-13-4-3-5-16(19)10-13/h3-10,17,20H,2,11-12H2,1H3. The van der Waals surface area contributed by atoms with E-state index in [0.29, 0.717) is 6.61 Å². The second kappa shape index (κ2) is 8.69. The van der Waals surface area contributed by atoms with E-state index in [1.165, 1.54) is 11.1 Å². The highest BCUT2D eigenvalue weighted by Crippen LogP contribution is 2.22. The number of hydrogen-bond donors (Lipinski definition) is 1. The molecule has 2 aromatic carbocycles. The Bertz CT molecular complexity index is 557. The second-order valence-corrected chi connectivity index (χ2v) is 6.62. The predicted octanol–water partition coefficient (Wildman–Crippen LogP) is 5.08. The van der Waals surface area contributed by atoms with Crippen LogP contribution >= 0.6 is 31.9 Å². The van der Waals surface area contributed by atoms with Gasteiger partial charge >= 0.3 is 0 Å². The molecule has 0 amide bonds. The molecular weight excluding hydrogens is 394 g/mol. The number of ether oxygens (including phenoxy) is 1. The molecule has 0 aliphatic carbocycles. The fraction of sp³-hybridized carbons (Fsp3) is 0.294. The monoisotopic (exact) mass is 411 g/mol. The van der Waals surface area contributed by atoms with Crippen molar-refractivity contribution >= 4 is 31.9 Å². The van der Waals surface area contributed by atoms with Crippen LogP contribution in [0, 0.1) is 0 Å². The van der Waals surface area contributed by atoms with Gasteiger partial charge < -0.3 is 10.1 Å². The van der Waals surface area contributed by atoms with Crippen molar-refractivity contribution in [3.05, 3.63) is 68.6 Å². The van der Waals surface area contributed by atoms with Crippen LogP contribution in [-0.2, 0) is 11.3 Å². The van der Waals surface area contributed by atoms with Crippen molar-refractivity contribution in [2.45, 2.75) is 19.6 Å². The fourth-order valence-electron chi connectivity index (χ4n) is 2.05. The summed E-state index contributed by atoms with van der Waals surface area (Å²) in [7, 11) is 0. The normalized spacial score (nSPS) is 12.3. The average molecular weight is 413 g/mol. The Labute approximate surface area is 143 Å². The molecule has 0 spiro atoms. The van der Waals surface area contributed by atoms with Crippen molar-refractivity contribution in [1.82, 2.24) is 5.32 Å². The van der Waals surface area contributed by atoms with Crippen LogP contribution in [0.5, 0.6) is 0 Å². The molecule has 1 atom stereocenters. The molecule has 21 heavy (non-hydrogen) atoms. The van der Waals surface area contributed by atoms with Gasteiger partial charge in [0.05, 0.1) is 12.7 Å². The summed E-state index contributed by atoms with van der Waals surface area (Å²) in [4.78, 5) is 0. The van der Waals surface area contributed by atoms with E-state index in [-0.39, 0.29) is 6.10 Å². The number of rotatable bonds is 7.